The second-order valence-corrected chi connectivity index (χ2v) is 4.96. The Morgan fingerprint density at radius 2 is 1.90 bits per heavy atom. The Kier molecular flexibility index (Phi) is 3.06. The topological polar surface area (TPSA) is 47.8 Å². The van der Waals surface area contributed by atoms with Gasteiger partial charge in [-0.15, -0.1) is 0 Å². The molecular formula is C16H15N3O. The second-order valence-electron chi connectivity index (χ2n) is 4.96. The zero-order chi connectivity index (χ0) is 14.1. The lowest BCUT2D eigenvalue weighted by atomic mass is 10.2. The van der Waals surface area contributed by atoms with Crippen LogP contribution < -0.4 is 5.56 Å². The molecule has 0 saturated heterocycles. The zero-order valence-electron chi connectivity index (χ0n) is 11.4. The quantitative estimate of drug-likeness (QED) is 0.715. The van der Waals surface area contributed by atoms with Gasteiger partial charge >= 0.3 is 0 Å². The minimum absolute atomic E-state index is 0.00977. The Labute approximate surface area is 116 Å². The van der Waals surface area contributed by atoms with E-state index in [4.69, 9.17) is 0 Å². The predicted molar refractivity (Wildman–Crippen MR) is 79.6 cm³/mol. The summed E-state index contributed by atoms with van der Waals surface area (Å²) in [6.45, 7) is 3.97. The Morgan fingerprint density at radius 3 is 2.60 bits per heavy atom. The van der Waals surface area contributed by atoms with E-state index in [0.717, 1.165) is 5.56 Å². The maximum atomic E-state index is 12.7. The van der Waals surface area contributed by atoms with Gasteiger partial charge in [-0.05, 0) is 38.1 Å². The molecule has 0 aliphatic heterocycles. The molecule has 0 amide bonds. The van der Waals surface area contributed by atoms with Crippen LogP contribution >= 0.6 is 0 Å². The van der Waals surface area contributed by atoms with Crippen LogP contribution in [0.2, 0.25) is 0 Å². The first-order valence-electron chi connectivity index (χ1n) is 6.60. The van der Waals surface area contributed by atoms with Gasteiger partial charge in [0.15, 0.2) is 0 Å². The lowest BCUT2D eigenvalue weighted by Crippen LogP contribution is -2.25. The van der Waals surface area contributed by atoms with E-state index in [2.05, 4.69) is 9.97 Å². The van der Waals surface area contributed by atoms with Crippen molar-refractivity contribution in [1.82, 2.24) is 14.5 Å². The van der Waals surface area contributed by atoms with Gasteiger partial charge < -0.3 is 0 Å². The van der Waals surface area contributed by atoms with Gasteiger partial charge in [0.2, 0.25) is 0 Å². The third-order valence-electron chi connectivity index (χ3n) is 3.24. The predicted octanol–water partition coefficient (Wildman–Crippen LogP) is 3.04. The SMILES string of the molecule is CC(C)n1c(-c2cccnc2)nc2ccccc2c1=O. The maximum Gasteiger partial charge on any atom is 0.261 e. The van der Waals surface area contributed by atoms with Crippen LogP contribution in [-0.4, -0.2) is 14.5 Å². The number of hydrogen-bond donors (Lipinski definition) is 0. The van der Waals surface area contributed by atoms with Crippen molar-refractivity contribution in [3.63, 3.8) is 0 Å². The van der Waals surface area contributed by atoms with Crippen LogP contribution in [0.3, 0.4) is 0 Å². The number of pyridine rings is 1. The molecule has 0 spiro atoms. The largest absolute Gasteiger partial charge is 0.290 e. The van der Waals surface area contributed by atoms with Gasteiger partial charge in [0.05, 0.1) is 10.9 Å². The molecule has 0 unspecified atom stereocenters. The van der Waals surface area contributed by atoms with Crippen LogP contribution in [0.4, 0.5) is 0 Å². The number of nitrogens with zero attached hydrogens (tertiary/aromatic N) is 3. The fraction of sp³-hybridized carbons (Fsp3) is 0.188. The van der Waals surface area contributed by atoms with E-state index in [-0.39, 0.29) is 11.6 Å². The molecule has 2 aromatic heterocycles. The van der Waals surface area contributed by atoms with E-state index in [1.807, 2.05) is 50.2 Å². The highest BCUT2D eigenvalue weighted by Crippen LogP contribution is 2.20. The van der Waals surface area contributed by atoms with Gasteiger partial charge in [-0.1, -0.05) is 12.1 Å². The van der Waals surface area contributed by atoms with E-state index in [1.54, 1.807) is 17.0 Å². The molecule has 1 aromatic carbocycles. The van der Waals surface area contributed by atoms with Crippen molar-refractivity contribution >= 4 is 10.9 Å². The van der Waals surface area contributed by atoms with E-state index >= 15 is 0 Å². The molecule has 4 nitrogen and oxygen atoms in total. The van der Waals surface area contributed by atoms with E-state index in [9.17, 15) is 4.79 Å². The summed E-state index contributed by atoms with van der Waals surface area (Å²) >= 11 is 0. The molecule has 20 heavy (non-hydrogen) atoms. The highest BCUT2D eigenvalue weighted by Gasteiger charge is 2.14. The summed E-state index contributed by atoms with van der Waals surface area (Å²) in [6.07, 6.45) is 3.44. The molecule has 2 heterocycles. The van der Waals surface area contributed by atoms with Gasteiger partial charge in [-0.2, -0.15) is 0 Å². The first kappa shape index (κ1) is 12.5. The monoisotopic (exact) mass is 265 g/mol. The first-order chi connectivity index (χ1) is 9.68. The van der Waals surface area contributed by atoms with Crippen molar-refractivity contribution in [3.8, 4) is 11.4 Å². The average Bonchev–Trinajstić information content (AvgIpc) is 2.47. The Bertz CT molecular complexity index is 807. The Morgan fingerprint density at radius 1 is 1.10 bits per heavy atom. The van der Waals surface area contributed by atoms with Crippen LogP contribution in [0.5, 0.6) is 0 Å². The minimum Gasteiger partial charge on any atom is -0.290 e. The van der Waals surface area contributed by atoms with Crippen LogP contribution in [0.1, 0.15) is 19.9 Å². The molecule has 0 aliphatic carbocycles. The zero-order valence-corrected chi connectivity index (χ0v) is 11.4. The van der Waals surface area contributed by atoms with Gasteiger partial charge in [-0.25, -0.2) is 4.98 Å². The molecule has 0 aliphatic rings. The van der Waals surface area contributed by atoms with E-state index < -0.39 is 0 Å². The van der Waals surface area contributed by atoms with Crippen LogP contribution in [0.15, 0.2) is 53.6 Å². The normalized spacial score (nSPS) is 11.2. The van der Waals surface area contributed by atoms with E-state index in [1.165, 1.54) is 0 Å². The summed E-state index contributed by atoms with van der Waals surface area (Å²) in [5.74, 6) is 0.664. The molecule has 0 N–H and O–H groups in total. The molecule has 100 valence electrons. The van der Waals surface area contributed by atoms with Crippen molar-refractivity contribution in [2.75, 3.05) is 0 Å². The molecule has 4 heteroatoms. The fourth-order valence-electron chi connectivity index (χ4n) is 2.32. The number of hydrogen-bond acceptors (Lipinski definition) is 3. The fourth-order valence-corrected chi connectivity index (χ4v) is 2.32. The summed E-state index contributed by atoms with van der Waals surface area (Å²) in [5.41, 5.74) is 1.56. The molecule has 0 fully saturated rings. The minimum atomic E-state index is -0.00977. The number of benzene rings is 1. The highest BCUT2D eigenvalue weighted by molar-refractivity contribution is 5.79. The summed E-state index contributed by atoms with van der Waals surface area (Å²) in [6, 6.07) is 11.2. The van der Waals surface area contributed by atoms with E-state index in [0.29, 0.717) is 16.7 Å². The molecule has 0 atom stereocenters. The molecule has 0 radical (unpaired) electrons. The number of aromatic nitrogens is 3. The highest BCUT2D eigenvalue weighted by atomic mass is 16.1. The summed E-state index contributed by atoms with van der Waals surface area (Å²) < 4.78 is 1.72. The molecule has 3 aromatic rings. The maximum absolute atomic E-state index is 12.7. The lowest BCUT2D eigenvalue weighted by molar-refractivity contribution is 0.581. The lowest BCUT2D eigenvalue weighted by Gasteiger charge is -2.16. The average molecular weight is 265 g/mol. The summed E-state index contributed by atoms with van der Waals surface area (Å²) in [7, 11) is 0. The molecule has 0 saturated carbocycles. The second kappa shape index (κ2) is 4.89. The van der Waals surface area contributed by atoms with Crippen molar-refractivity contribution < 1.29 is 0 Å². The Balaban J connectivity index is 2.42. The first-order valence-corrected chi connectivity index (χ1v) is 6.60. The van der Waals surface area contributed by atoms with Gasteiger partial charge in [-0.3, -0.25) is 14.3 Å². The van der Waals surface area contributed by atoms with Crippen molar-refractivity contribution in [2.45, 2.75) is 19.9 Å². The molecule has 0 bridgehead atoms. The smallest absolute Gasteiger partial charge is 0.261 e. The number of rotatable bonds is 2. The molecular weight excluding hydrogens is 250 g/mol. The van der Waals surface area contributed by atoms with Crippen molar-refractivity contribution in [2.24, 2.45) is 0 Å². The third kappa shape index (κ3) is 1.99. The molecule has 3 rings (SSSR count). The van der Waals surface area contributed by atoms with Crippen LogP contribution in [-0.2, 0) is 0 Å². The van der Waals surface area contributed by atoms with Gasteiger partial charge in [0.25, 0.3) is 5.56 Å². The number of fused-ring (bicyclic) bond motifs is 1. The van der Waals surface area contributed by atoms with Gasteiger partial charge in [0, 0.05) is 24.0 Å². The van der Waals surface area contributed by atoms with Crippen molar-refractivity contribution in [3.05, 3.63) is 59.1 Å². The standard InChI is InChI=1S/C16H15N3O/c1-11(2)19-15(12-6-5-9-17-10-12)18-14-8-4-3-7-13(14)16(19)20/h3-11H,1-2H3. The Hall–Kier alpha value is -2.49. The summed E-state index contributed by atoms with van der Waals surface area (Å²) in [5, 5.41) is 0.647. The van der Waals surface area contributed by atoms with Crippen molar-refractivity contribution in [1.29, 1.82) is 0 Å². The third-order valence-corrected chi connectivity index (χ3v) is 3.24. The van der Waals surface area contributed by atoms with Gasteiger partial charge in [0.1, 0.15) is 5.82 Å². The van der Waals surface area contributed by atoms with Crippen LogP contribution in [0.25, 0.3) is 22.3 Å². The summed E-state index contributed by atoms with van der Waals surface area (Å²) in [4.78, 5) is 21.4. The van der Waals surface area contributed by atoms with Crippen LogP contribution in [0, 0.1) is 0 Å². The number of para-hydroxylation sites is 1.